The minimum atomic E-state index is -3.57. The normalized spacial score (nSPS) is 24.0. The molecule has 6 fully saturated rings. The van der Waals surface area contributed by atoms with Crippen LogP contribution in [0.5, 0.6) is 0 Å². The second-order valence-electron chi connectivity index (χ2n) is 16.5. The van der Waals surface area contributed by atoms with E-state index >= 15 is 0 Å². The fraction of sp³-hybridized carbons (Fsp3) is 0.422. The molecule has 9 rings (SSSR count). The van der Waals surface area contributed by atoms with Crippen molar-refractivity contribution in [2.75, 3.05) is 10.5 Å². The monoisotopic (exact) mass is 982 g/mol. The number of carbonyl (C=O) groups excluding carboxylic acids is 2. The molecule has 0 radical (unpaired) electrons. The molecule has 62 heavy (non-hydrogen) atoms. The highest BCUT2D eigenvalue weighted by Gasteiger charge is 2.51. The molecule has 6 saturated carbocycles. The molecule has 2 amide bonds. The lowest BCUT2D eigenvalue weighted by Gasteiger charge is -2.50. The number of benzene rings is 3. The number of aromatic carboxylic acids is 1. The number of carboxylic acids is 1. The summed E-state index contributed by atoms with van der Waals surface area (Å²) in [7, 11) is -3.57. The smallest absolute Gasteiger partial charge is 0.336 e. The number of rotatable bonds is 9. The Balaban J connectivity index is 0.000000189. The number of halogens is 2. The highest BCUT2D eigenvalue weighted by molar-refractivity contribution is 9.10. The number of fused-ring (bicyclic) bond motifs is 6. The van der Waals surface area contributed by atoms with Gasteiger partial charge < -0.3 is 15.7 Å². The number of amides is 2. The first-order valence-corrected chi connectivity index (χ1v) is 23.3. The van der Waals surface area contributed by atoms with Crippen LogP contribution in [0.4, 0.5) is 5.69 Å². The summed E-state index contributed by atoms with van der Waals surface area (Å²) >= 11 is 6.45. The van der Waals surface area contributed by atoms with Crippen molar-refractivity contribution in [2.45, 2.75) is 101 Å². The standard InChI is InChI=1S/C20H24N4O3S.C17H16BrN3O.C8H4BrNO2/c1-2-11-28(26,27)24-17-4-3-15(13-21)12-16(17)18(25)23-20-8-5-19(14-22,6-9-20)7-10-20;18-14-2-1-12(10-19)9-13(14)15(22)21-17-6-3-16(11-20,4-7-17)5-8-17;9-7-2-1-5(4-10)3-6(7)8(11)12/h3-4,12,24H,2,5-11H2,1H3,(H,23,25);1-2,9H,3-8H2,(H,21,22);1-3H,(H,11,12). The molecule has 320 valence electrons. The zero-order chi connectivity index (χ0) is 45.3. The van der Waals surface area contributed by atoms with Crippen molar-refractivity contribution in [3.05, 3.63) is 96.9 Å². The fourth-order valence-corrected chi connectivity index (χ4v) is 10.6. The van der Waals surface area contributed by atoms with Crippen LogP contribution in [0.2, 0.25) is 0 Å². The molecular weight excluding hydrogens is 940 g/mol. The first-order valence-electron chi connectivity index (χ1n) is 20.1. The van der Waals surface area contributed by atoms with Crippen molar-refractivity contribution in [1.82, 2.24) is 10.6 Å². The summed E-state index contributed by atoms with van der Waals surface area (Å²) in [6.45, 7) is 1.76. The van der Waals surface area contributed by atoms with Gasteiger partial charge in [-0.15, -0.1) is 0 Å². The maximum Gasteiger partial charge on any atom is 0.336 e. The third-order valence-electron chi connectivity index (χ3n) is 12.5. The number of carbonyl (C=O) groups is 3. The maximum atomic E-state index is 13.1. The van der Waals surface area contributed by atoms with Gasteiger partial charge in [-0.25, -0.2) is 13.2 Å². The van der Waals surface area contributed by atoms with E-state index in [9.17, 15) is 38.6 Å². The lowest BCUT2D eigenvalue weighted by atomic mass is 9.58. The molecule has 4 N–H and O–H groups in total. The van der Waals surface area contributed by atoms with Gasteiger partial charge in [0.05, 0.1) is 86.0 Å². The van der Waals surface area contributed by atoms with E-state index in [4.69, 9.17) is 15.6 Å². The molecule has 6 aliphatic rings. The molecule has 0 saturated heterocycles. The van der Waals surface area contributed by atoms with E-state index in [-0.39, 0.29) is 55.9 Å². The van der Waals surface area contributed by atoms with Crippen LogP contribution in [0.1, 0.15) is 138 Å². The van der Waals surface area contributed by atoms with Crippen molar-refractivity contribution in [2.24, 2.45) is 10.8 Å². The Morgan fingerprint density at radius 2 is 0.984 bits per heavy atom. The molecule has 3 aromatic rings. The number of hydrogen-bond acceptors (Lipinski definition) is 10. The van der Waals surface area contributed by atoms with Gasteiger partial charge in [-0.3, -0.25) is 14.3 Å². The van der Waals surface area contributed by atoms with Crippen LogP contribution < -0.4 is 15.4 Å². The number of carboxylic acid groups (broad SMARTS) is 1. The van der Waals surface area contributed by atoms with Gasteiger partial charge in [0.15, 0.2) is 0 Å². The van der Waals surface area contributed by atoms with Crippen molar-refractivity contribution >= 4 is 65.4 Å². The van der Waals surface area contributed by atoms with E-state index < -0.39 is 21.9 Å². The van der Waals surface area contributed by atoms with Crippen molar-refractivity contribution in [3.8, 4) is 30.3 Å². The topological polar surface area (TPSA) is 261 Å². The zero-order valence-corrected chi connectivity index (χ0v) is 38.0. The summed E-state index contributed by atoms with van der Waals surface area (Å²) in [5.74, 6) is -1.62. The highest BCUT2D eigenvalue weighted by atomic mass is 79.9. The highest BCUT2D eigenvalue weighted by Crippen LogP contribution is 2.53. The van der Waals surface area contributed by atoms with Gasteiger partial charge in [-0.05, 0) is 170 Å². The molecular formula is C45H44Br2N8O6S. The lowest BCUT2D eigenvalue weighted by molar-refractivity contribution is 0.0517. The zero-order valence-electron chi connectivity index (χ0n) is 34.0. The first-order chi connectivity index (χ1) is 29.4. The molecule has 0 aromatic heterocycles. The van der Waals surface area contributed by atoms with Gasteiger partial charge >= 0.3 is 5.97 Å². The van der Waals surface area contributed by atoms with E-state index in [1.807, 2.05) is 12.1 Å². The third kappa shape index (κ3) is 11.0. The average molecular weight is 985 g/mol. The molecule has 3 aromatic carbocycles. The summed E-state index contributed by atoms with van der Waals surface area (Å²) in [6.07, 6.45) is 10.1. The fourth-order valence-electron chi connectivity index (χ4n) is 8.60. The van der Waals surface area contributed by atoms with Gasteiger partial charge in [-0.1, -0.05) is 6.92 Å². The van der Waals surface area contributed by atoms with Crippen LogP contribution in [0.3, 0.4) is 0 Å². The van der Waals surface area contributed by atoms with Crippen LogP contribution in [0.15, 0.2) is 63.5 Å². The summed E-state index contributed by atoms with van der Waals surface area (Å²) in [5.41, 5.74) is 1.08. The molecule has 0 spiro atoms. The number of anilines is 1. The van der Waals surface area contributed by atoms with E-state index in [0.29, 0.717) is 32.1 Å². The number of hydrogen-bond donors (Lipinski definition) is 4. The average Bonchev–Trinajstić information content (AvgIpc) is 3.28. The summed E-state index contributed by atoms with van der Waals surface area (Å²) in [4.78, 5) is 36.2. The van der Waals surface area contributed by atoms with Crippen molar-refractivity contribution < 1.29 is 27.9 Å². The Morgan fingerprint density at radius 3 is 1.37 bits per heavy atom. The Bertz CT molecular complexity index is 2550. The van der Waals surface area contributed by atoms with E-state index in [2.05, 4.69) is 65.4 Å². The molecule has 0 aliphatic heterocycles. The van der Waals surface area contributed by atoms with Crippen molar-refractivity contribution in [3.63, 3.8) is 0 Å². The molecule has 4 bridgehead atoms. The molecule has 0 heterocycles. The summed E-state index contributed by atoms with van der Waals surface area (Å²) in [5, 5.41) is 60.3. The van der Waals surface area contributed by atoms with E-state index in [1.165, 1.54) is 24.3 Å². The summed E-state index contributed by atoms with van der Waals surface area (Å²) < 4.78 is 28.0. The Labute approximate surface area is 378 Å². The number of nitrogens with one attached hydrogen (secondary N) is 3. The second kappa shape index (κ2) is 19.5. The molecule has 0 unspecified atom stereocenters. The minimum Gasteiger partial charge on any atom is -0.478 e. The number of nitrogens with zero attached hydrogens (tertiary/aromatic N) is 5. The number of nitriles is 5. The Morgan fingerprint density at radius 1 is 0.613 bits per heavy atom. The van der Waals surface area contributed by atoms with Crippen LogP contribution >= 0.6 is 31.9 Å². The Kier molecular flexibility index (Phi) is 14.9. The maximum absolute atomic E-state index is 13.1. The molecule has 6 aliphatic carbocycles. The Hall–Kier alpha value is -5.77. The quantitative estimate of drug-likeness (QED) is 0.157. The second-order valence-corrected chi connectivity index (χ2v) is 20.0. The predicted molar refractivity (Wildman–Crippen MR) is 235 cm³/mol. The van der Waals surface area contributed by atoms with Gasteiger partial charge in [0.2, 0.25) is 10.0 Å². The largest absolute Gasteiger partial charge is 0.478 e. The predicted octanol–water partition coefficient (Wildman–Crippen LogP) is 8.74. The molecule has 0 atom stereocenters. The van der Waals surface area contributed by atoms with Gasteiger partial charge in [-0.2, -0.15) is 26.3 Å². The summed E-state index contributed by atoms with van der Waals surface area (Å²) in [6, 6.07) is 24.6. The molecule has 14 nitrogen and oxygen atoms in total. The van der Waals surface area contributed by atoms with Crippen LogP contribution in [0.25, 0.3) is 0 Å². The van der Waals surface area contributed by atoms with Crippen LogP contribution in [-0.4, -0.2) is 48.1 Å². The van der Waals surface area contributed by atoms with Gasteiger partial charge in [0.25, 0.3) is 11.8 Å². The first kappa shape index (κ1) is 47.3. The third-order valence-corrected chi connectivity index (χ3v) is 15.4. The van der Waals surface area contributed by atoms with E-state index in [1.54, 1.807) is 37.3 Å². The SMILES string of the molecule is CCCS(=O)(=O)Nc1ccc(C#N)cc1C(=O)NC12CCC(C#N)(CC1)CC2.N#Cc1ccc(Br)c(C(=O)NC23CCC(C#N)(CC2)CC3)c1.N#Cc1ccc(Br)c(C(=O)O)c1. The van der Waals surface area contributed by atoms with Gasteiger partial charge in [0, 0.05) is 20.0 Å². The molecule has 17 heteroatoms. The van der Waals surface area contributed by atoms with Crippen LogP contribution in [0, 0.1) is 67.5 Å². The minimum absolute atomic E-state index is 0.0474. The van der Waals surface area contributed by atoms with Gasteiger partial charge in [0.1, 0.15) is 0 Å². The number of sulfonamides is 1. The van der Waals surface area contributed by atoms with E-state index in [0.717, 1.165) is 77.0 Å². The lowest BCUT2D eigenvalue weighted by Crippen LogP contribution is -2.56. The van der Waals surface area contributed by atoms with Crippen molar-refractivity contribution in [1.29, 1.82) is 26.3 Å². The van der Waals surface area contributed by atoms with Crippen LogP contribution in [-0.2, 0) is 10.0 Å².